The molecule has 0 saturated carbocycles. The van der Waals surface area contributed by atoms with E-state index in [0.29, 0.717) is 17.5 Å². The molecule has 1 amide bonds. The summed E-state index contributed by atoms with van der Waals surface area (Å²) in [6, 6.07) is 7.80. The first-order chi connectivity index (χ1) is 11.1. The largest absolute Gasteiger partial charge is 0.383 e. The van der Waals surface area contributed by atoms with Gasteiger partial charge in [0.2, 0.25) is 11.0 Å². The van der Waals surface area contributed by atoms with Crippen LogP contribution in [0, 0.1) is 0 Å². The molecule has 1 aromatic carbocycles. The Morgan fingerprint density at radius 2 is 2.30 bits per heavy atom. The summed E-state index contributed by atoms with van der Waals surface area (Å²) < 4.78 is 6.72. The minimum absolute atomic E-state index is 0.00345. The molecule has 0 radical (unpaired) electrons. The smallest absolute Gasteiger partial charge is 0.230 e. The highest BCUT2D eigenvalue weighted by molar-refractivity contribution is 9.10. The molecule has 0 aliphatic rings. The summed E-state index contributed by atoms with van der Waals surface area (Å²) in [5, 5.41) is 14.9. The van der Waals surface area contributed by atoms with Crippen LogP contribution in [0.1, 0.15) is 6.92 Å². The summed E-state index contributed by atoms with van der Waals surface area (Å²) in [5.74, 6) is 0.260. The minimum atomic E-state index is -0.0451. The molecule has 0 fully saturated rings. The van der Waals surface area contributed by atoms with Crippen molar-refractivity contribution >= 4 is 55.8 Å². The monoisotopic (exact) mass is 416 g/mol. The molecule has 1 atom stereocenters. The Balaban J connectivity index is 1.82. The molecule has 1 aromatic heterocycles. The molecule has 2 N–H and O–H groups in total. The van der Waals surface area contributed by atoms with E-state index in [-0.39, 0.29) is 11.9 Å². The van der Waals surface area contributed by atoms with Crippen molar-refractivity contribution in [1.29, 1.82) is 0 Å². The summed E-state index contributed by atoms with van der Waals surface area (Å²) in [6.07, 6.45) is 0. The van der Waals surface area contributed by atoms with E-state index in [9.17, 15) is 4.79 Å². The Hall–Kier alpha value is -1.16. The number of ether oxygens (including phenoxy) is 1. The van der Waals surface area contributed by atoms with Gasteiger partial charge in [-0.15, -0.1) is 10.2 Å². The van der Waals surface area contributed by atoms with Crippen LogP contribution in [0.2, 0.25) is 0 Å². The molecule has 2 rings (SSSR count). The molecular weight excluding hydrogens is 400 g/mol. The van der Waals surface area contributed by atoms with Gasteiger partial charge in [0.05, 0.1) is 12.4 Å². The zero-order chi connectivity index (χ0) is 16.7. The molecule has 0 bridgehead atoms. The number of amides is 1. The van der Waals surface area contributed by atoms with E-state index >= 15 is 0 Å². The second-order valence-corrected chi connectivity index (χ2v) is 7.84. The van der Waals surface area contributed by atoms with Crippen LogP contribution in [0.4, 0.5) is 10.8 Å². The minimum Gasteiger partial charge on any atom is -0.383 e. The maximum Gasteiger partial charge on any atom is 0.230 e. The van der Waals surface area contributed by atoms with Gasteiger partial charge in [0.15, 0.2) is 4.34 Å². The average Bonchev–Trinajstić information content (AvgIpc) is 2.93. The van der Waals surface area contributed by atoms with E-state index in [0.717, 1.165) is 14.5 Å². The first-order valence-electron chi connectivity index (χ1n) is 6.84. The quantitative estimate of drug-likeness (QED) is 0.642. The molecule has 9 heteroatoms. The summed E-state index contributed by atoms with van der Waals surface area (Å²) >= 11 is 6.20. The molecule has 6 nitrogen and oxygen atoms in total. The molecular formula is C14H17BrN4O2S2. The van der Waals surface area contributed by atoms with Gasteiger partial charge in [0.1, 0.15) is 0 Å². The average molecular weight is 417 g/mol. The number of halogens is 1. The number of nitrogens with one attached hydrogen (secondary N) is 2. The topological polar surface area (TPSA) is 76.1 Å². The van der Waals surface area contributed by atoms with E-state index in [2.05, 4.69) is 36.8 Å². The molecule has 2 aromatic rings. The fraction of sp³-hybridized carbons (Fsp3) is 0.357. The van der Waals surface area contributed by atoms with E-state index < -0.39 is 0 Å². The van der Waals surface area contributed by atoms with Crippen LogP contribution in [-0.4, -0.2) is 41.6 Å². The Morgan fingerprint density at radius 1 is 1.48 bits per heavy atom. The fourth-order valence-corrected chi connectivity index (χ4v) is 3.73. The molecule has 0 saturated heterocycles. The lowest BCUT2D eigenvalue weighted by Crippen LogP contribution is -2.36. The Labute approximate surface area is 151 Å². The molecule has 1 heterocycles. The van der Waals surface area contributed by atoms with Gasteiger partial charge < -0.3 is 15.4 Å². The summed E-state index contributed by atoms with van der Waals surface area (Å²) in [4.78, 5) is 11.8. The molecule has 1 unspecified atom stereocenters. The van der Waals surface area contributed by atoms with Crippen molar-refractivity contribution in [3.05, 3.63) is 28.7 Å². The number of rotatable bonds is 8. The summed E-state index contributed by atoms with van der Waals surface area (Å²) in [7, 11) is 1.61. The van der Waals surface area contributed by atoms with Crippen molar-refractivity contribution in [2.45, 2.75) is 17.3 Å². The number of nitrogens with zero attached hydrogens (tertiary/aromatic N) is 2. The highest BCUT2D eigenvalue weighted by Gasteiger charge is 2.10. The zero-order valence-electron chi connectivity index (χ0n) is 12.7. The molecule has 0 aliphatic carbocycles. The van der Waals surface area contributed by atoms with Gasteiger partial charge in [-0.3, -0.25) is 4.79 Å². The third kappa shape index (κ3) is 6.46. The normalized spacial score (nSPS) is 12.0. The van der Waals surface area contributed by atoms with Gasteiger partial charge >= 0.3 is 0 Å². The van der Waals surface area contributed by atoms with Crippen LogP contribution in [0.3, 0.4) is 0 Å². The lowest BCUT2D eigenvalue weighted by atomic mass is 10.3. The van der Waals surface area contributed by atoms with Crippen molar-refractivity contribution in [3.63, 3.8) is 0 Å². The van der Waals surface area contributed by atoms with Crippen LogP contribution in [0.15, 0.2) is 33.1 Å². The molecule has 124 valence electrons. The third-order valence-electron chi connectivity index (χ3n) is 2.63. The van der Waals surface area contributed by atoms with E-state index in [1.807, 2.05) is 31.2 Å². The van der Waals surface area contributed by atoms with Gasteiger partial charge in [0, 0.05) is 23.3 Å². The van der Waals surface area contributed by atoms with Gasteiger partial charge in [0.25, 0.3) is 0 Å². The lowest BCUT2D eigenvalue weighted by Gasteiger charge is -2.11. The number of hydrogen-bond donors (Lipinski definition) is 2. The van der Waals surface area contributed by atoms with Gasteiger partial charge in [-0.05, 0) is 25.1 Å². The molecule has 0 aliphatic heterocycles. The number of benzene rings is 1. The third-order valence-corrected chi connectivity index (χ3v) is 5.10. The maximum absolute atomic E-state index is 11.8. The van der Waals surface area contributed by atoms with Crippen LogP contribution in [0.25, 0.3) is 0 Å². The predicted octanol–water partition coefficient (Wildman–Crippen LogP) is 3.29. The second-order valence-electron chi connectivity index (χ2n) is 4.72. The first kappa shape index (κ1) is 18.2. The number of carbonyl (C=O) groups excluding carboxylic acids is 1. The van der Waals surface area contributed by atoms with Crippen LogP contribution in [0.5, 0.6) is 0 Å². The van der Waals surface area contributed by atoms with Crippen molar-refractivity contribution in [2.75, 3.05) is 24.8 Å². The lowest BCUT2D eigenvalue weighted by molar-refractivity contribution is -0.119. The Kier molecular flexibility index (Phi) is 7.28. The number of hydrogen-bond acceptors (Lipinski definition) is 7. The van der Waals surface area contributed by atoms with Crippen LogP contribution < -0.4 is 10.6 Å². The SMILES string of the molecule is COCC(C)NC(=O)CSc1nnc(Nc2cccc(Br)c2)s1. The standard InChI is InChI=1S/C14H17BrN4O2S2/c1-9(7-21-2)16-12(20)8-22-14-19-18-13(23-14)17-11-5-3-4-10(15)6-11/h3-6,9H,7-8H2,1-2H3,(H,16,20)(H,17,18). The predicted molar refractivity (Wildman–Crippen MR) is 97.5 cm³/mol. The number of methoxy groups -OCH3 is 1. The Bertz CT molecular complexity index is 653. The second kappa shape index (κ2) is 9.21. The summed E-state index contributed by atoms with van der Waals surface area (Å²) in [5.41, 5.74) is 0.929. The van der Waals surface area contributed by atoms with E-state index in [1.165, 1.54) is 23.1 Å². The Morgan fingerprint density at radius 3 is 3.04 bits per heavy atom. The van der Waals surface area contributed by atoms with Crippen LogP contribution in [-0.2, 0) is 9.53 Å². The van der Waals surface area contributed by atoms with Crippen molar-refractivity contribution in [2.24, 2.45) is 0 Å². The van der Waals surface area contributed by atoms with Gasteiger partial charge in [-0.25, -0.2) is 0 Å². The van der Waals surface area contributed by atoms with E-state index in [4.69, 9.17) is 4.74 Å². The number of carbonyl (C=O) groups is 1. The summed E-state index contributed by atoms with van der Waals surface area (Å²) in [6.45, 7) is 2.40. The van der Waals surface area contributed by atoms with Crippen LogP contribution >= 0.6 is 39.0 Å². The van der Waals surface area contributed by atoms with Gasteiger partial charge in [-0.2, -0.15) is 0 Å². The van der Waals surface area contributed by atoms with Gasteiger partial charge in [-0.1, -0.05) is 45.1 Å². The molecule has 23 heavy (non-hydrogen) atoms. The number of thioether (sulfide) groups is 1. The van der Waals surface area contributed by atoms with E-state index in [1.54, 1.807) is 7.11 Å². The van der Waals surface area contributed by atoms with Crippen molar-refractivity contribution in [3.8, 4) is 0 Å². The highest BCUT2D eigenvalue weighted by Crippen LogP contribution is 2.28. The number of aromatic nitrogens is 2. The number of anilines is 2. The van der Waals surface area contributed by atoms with Crippen molar-refractivity contribution < 1.29 is 9.53 Å². The first-order valence-corrected chi connectivity index (χ1v) is 9.43. The fourth-order valence-electron chi connectivity index (χ4n) is 1.74. The molecule has 0 spiro atoms. The van der Waals surface area contributed by atoms with Crippen molar-refractivity contribution in [1.82, 2.24) is 15.5 Å². The zero-order valence-corrected chi connectivity index (χ0v) is 15.9. The maximum atomic E-state index is 11.8. The highest BCUT2D eigenvalue weighted by atomic mass is 79.9.